The molecule has 0 aliphatic heterocycles. The van der Waals surface area contributed by atoms with Gasteiger partial charge in [0.1, 0.15) is 11.6 Å². The van der Waals surface area contributed by atoms with E-state index in [1.54, 1.807) is 0 Å². The number of rotatable bonds is 4. The highest BCUT2D eigenvalue weighted by Crippen LogP contribution is 2.23. The summed E-state index contributed by atoms with van der Waals surface area (Å²) in [6, 6.07) is 9.02. The van der Waals surface area contributed by atoms with Crippen LogP contribution in [0.4, 0.5) is 14.5 Å². The Kier molecular flexibility index (Phi) is 4.41. The highest BCUT2D eigenvalue weighted by atomic mass is 32.2. The molecule has 2 rings (SSSR count). The van der Waals surface area contributed by atoms with Crippen LogP contribution in [-0.2, 0) is 14.8 Å². The molecule has 1 N–H and O–H groups in total. The van der Waals surface area contributed by atoms with Gasteiger partial charge in [0.05, 0.1) is 23.3 Å². The summed E-state index contributed by atoms with van der Waals surface area (Å²) in [5.74, 6) is -3.27. The number of esters is 1. The summed E-state index contributed by atoms with van der Waals surface area (Å²) >= 11 is 0. The summed E-state index contributed by atoms with van der Waals surface area (Å²) in [7, 11) is -3.07. The number of hydrogen-bond acceptors (Lipinski definition) is 4. The summed E-state index contributed by atoms with van der Waals surface area (Å²) in [5.41, 5.74) is -1.24. The smallest absolute Gasteiger partial charge is 0.340 e. The van der Waals surface area contributed by atoms with Crippen molar-refractivity contribution in [2.75, 3.05) is 11.8 Å². The molecule has 0 aliphatic carbocycles. The molecule has 0 unspecified atom stereocenters. The molecule has 0 bridgehead atoms. The van der Waals surface area contributed by atoms with Crippen molar-refractivity contribution < 1.29 is 26.7 Å². The summed E-state index contributed by atoms with van der Waals surface area (Å²) in [6.45, 7) is 0. The Hall–Kier alpha value is -2.48. The first kappa shape index (κ1) is 15.9. The second-order valence-electron chi connectivity index (χ2n) is 4.14. The molecule has 115 valence electrons. The van der Waals surface area contributed by atoms with Gasteiger partial charge in [-0.05, 0) is 24.3 Å². The molecule has 8 heteroatoms. The van der Waals surface area contributed by atoms with Gasteiger partial charge in [0.15, 0.2) is 0 Å². The summed E-state index contributed by atoms with van der Waals surface area (Å²) in [4.78, 5) is 11.1. The van der Waals surface area contributed by atoms with Crippen LogP contribution >= 0.6 is 0 Å². The zero-order valence-corrected chi connectivity index (χ0v) is 12.1. The minimum absolute atomic E-state index is 0.136. The zero-order valence-electron chi connectivity index (χ0n) is 11.3. The molecular formula is C14H10F2NO4S. The topological polar surface area (TPSA) is 72.5 Å². The molecule has 0 fully saturated rings. The van der Waals surface area contributed by atoms with Gasteiger partial charge in [0, 0.05) is 6.07 Å². The van der Waals surface area contributed by atoms with Crippen molar-refractivity contribution >= 4 is 21.7 Å². The van der Waals surface area contributed by atoms with Crippen molar-refractivity contribution in [3.63, 3.8) is 0 Å². The number of benzene rings is 2. The van der Waals surface area contributed by atoms with Crippen LogP contribution < -0.4 is 4.72 Å². The van der Waals surface area contributed by atoms with E-state index in [0.29, 0.717) is 12.1 Å². The van der Waals surface area contributed by atoms with Crippen LogP contribution in [-0.4, -0.2) is 21.5 Å². The summed E-state index contributed by atoms with van der Waals surface area (Å²) in [5, 5.41) is 0. The number of hydrogen-bond donors (Lipinski definition) is 1. The molecule has 22 heavy (non-hydrogen) atoms. The standard InChI is InChI=1S/C14H10F2NO4S/c1-21-14(18)10-7-12(16)13(8-11(10)15)17-22(19,20)9-5-3-2-4-6-9/h3-8,17H,1H3. The third-order valence-corrected chi connectivity index (χ3v) is 4.09. The van der Waals surface area contributed by atoms with E-state index in [4.69, 9.17) is 0 Å². The van der Waals surface area contributed by atoms with Gasteiger partial charge in [-0.1, -0.05) is 12.1 Å². The normalized spacial score (nSPS) is 11.0. The number of sulfonamides is 1. The van der Waals surface area contributed by atoms with Crippen molar-refractivity contribution in [3.05, 3.63) is 59.7 Å². The van der Waals surface area contributed by atoms with Crippen LogP contribution in [0.2, 0.25) is 0 Å². The van der Waals surface area contributed by atoms with Gasteiger partial charge < -0.3 is 4.74 Å². The summed E-state index contributed by atoms with van der Waals surface area (Å²) < 4.78 is 57.9. The van der Waals surface area contributed by atoms with Crippen LogP contribution in [0.25, 0.3) is 0 Å². The molecule has 0 spiro atoms. The van der Waals surface area contributed by atoms with E-state index in [0.717, 1.165) is 7.11 Å². The average Bonchev–Trinajstić information content (AvgIpc) is 2.50. The van der Waals surface area contributed by atoms with Crippen molar-refractivity contribution in [3.8, 4) is 0 Å². The monoisotopic (exact) mass is 326 g/mol. The largest absolute Gasteiger partial charge is 0.465 e. The second-order valence-corrected chi connectivity index (χ2v) is 5.83. The maximum Gasteiger partial charge on any atom is 0.340 e. The lowest BCUT2D eigenvalue weighted by Crippen LogP contribution is -2.15. The molecule has 0 aromatic heterocycles. The SMILES string of the molecule is COC(=O)c1cc(F)c(NS(=O)(=O)c2cc[c]cc2)cc1F. The minimum atomic E-state index is -4.08. The Morgan fingerprint density at radius 3 is 2.41 bits per heavy atom. The van der Waals surface area contributed by atoms with E-state index < -0.39 is 38.9 Å². The third kappa shape index (κ3) is 3.22. The average molecular weight is 326 g/mol. The van der Waals surface area contributed by atoms with Crippen LogP contribution in [0.3, 0.4) is 0 Å². The van der Waals surface area contributed by atoms with Crippen LogP contribution in [0.5, 0.6) is 0 Å². The number of ether oxygens (including phenoxy) is 1. The van der Waals surface area contributed by atoms with Crippen molar-refractivity contribution in [2.24, 2.45) is 0 Å². The van der Waals surface area contributed by atoms with Crippen molar-refractivity contribution in [1.82, 2.24) is 0 Å². The van der Waals surface area contributed by atoms with Crippen LogP contribution in [0, 0.1) is 17.7 Å². The molecule has 0 saturated carbocycles. The van der Waals surface area contributed by atoms with E-state index >= 15 is 0 Å². The van der Waals surface area contributed by atoms with Gasteiger partial charge in [0.2, 0.25) is 0 Å². The highest BCUT2D eigenvalue weighted by molar-refractivity contribution is 7.92. The predicted molar refractivity (Wildman–Crippen MR) is 73.8 cm³/mol. The number of methoxy groups -OCH3 is 1. The third-order valence-electron chi connectivity index (χ3n) is 2.70. The maximum atomic E-state index is 13.9. The van der Waals surface area contributed by atoms with Gasteiger partial charge in [-0.25, -0.2) is 22.0 Å². The minimum Gasteiger partial charge on any atom is -0.465 e. The van der Waals surface area contributed by atoms with E-state index in [1.165, 1.54) is 24.3 Å². The Bertz CT molecular complexity index is 807. The molecule has 0 atom stereocenters. The van der Waals surface area contributed by atoms with Crippen molar-refractivity contribution in [2.45, 2.75) is 4.90 Å². The van der Waals surface area contributed by atoms with Crippen LogP contribution in [0.1, 0.15) is 10.4 Å². The van der Waals surface area contributed by atoms with Gasteiger partial charge in [0.25, 0.3) is 10.0 Å². The molecule has 2 aromatic rings. The number of carbonyl (C=O) groups excluding carboxylic acids is 1. The quantitative estimate of drug-likeness (QED) is 0.876. The fraction of sp³-hybridized carbons (Fsp3) is 0.0714. The molecule has 2 aromatic carbocycles. The first-order valence-electron chi connectivity index (χ1n) is 5.91. The Morgan fingerprint density at radius 2 is 1.82 bits per heavy atom. The molecule has 5 nitrogen and oxygen atoms in total. The Labute approximate surface area is 125 Å². The van der Waals surface area contributed by atoms with Crippen molar-refractivity contribution in [1.29, 1.82) is 0 Å². The maximum absolute atomic E-state index is 13.9. The number of halogens is 2. The molecule has 0 heterocycles. The van der Waals surface area contributed by atoms with E-state index in [2.05, 4.69) is 10.8 Å². The summed E-state index contributed by atoms with van der Waals surface area (Å²) in [6.07, 6.45) is 0. The van der Waals surface area contributed by atoms with Gasteiger partial charge in [-0.2, -0.15) is 0 Å². The molecular weight excluding hydrogens is 316 g/mol. The second kappa shape index (κ2) is 6.10. The van der Waals surface area contributed by atoms with Gasteiger partial charge in [-0.15, -0.1) is 0 Å². The molecule has 0 amide bonds. The molecule has 0 aliphatic rings. The van der Waals surface area contributed by atoms with Crippen LogP contribution in [0.15, 0.2) is 41.3 Å². The molecule has 0 saturated heterocycles. The first-order valence-corrected chi connectivity index (χ1v) is 7.40. The Morgan fingerprint density at radius 1 is 1.18 bits per heavy atom. The molecule has 1 radical (unpaired) electrons. The first-order chi connectivity index (χ1) is 10.3. The zero-order chi connectivity index (χ0) is 16.3. The number of anilines is 1. The lowest BCUT2D eigenvalue weighted by atomic mass is 10.2. The lowest BCUT2D eigenvalue weighted by Gasteiger charge is -2.10. The number of carbonyl (C=O) groups is 1. The predicted octanol–water partition coefficient (Wildman–Crippen LogP) is 2.35. The lowest BCUT2D eigenvalue weighted by molar-refractivity contribution is 0.0595. The highest BCUT2D eigenvalue weighted by Gasteiger charge is 2.20. The van der Waals surface area contributed by atoms with E-state index in [-0.39, 0.29) is 4.90 Å². The van der Waals surface area contributed by atoms with Gasteiger partial charge in [-0.3, -0.25) is 4.72 Å². The van der Waals surface area contributed by atoms with Gasteiger partial charge >= 0.3 is 5.97 Å². The fourth-order valence-corrected chi connectivity index (χ4v) is 2.70. The number of nitrogens with one attached hydrogen (secondary N) is 1. The van der Waals surface area contributed by atoms with E-state index in [1.807, 2.05) is 4.72 Å². The van der Waals surface area contributed by atoms with E-state index in [9.17, 15) is 22.0 Å². The Balaban J connectivity index is 2.39. The fourth-order valence-electron chi connectivity index (χ4n) is 1.65.